The Morgan fingerprint density at radius 2 is 1.62 bits per heavy atom. The van der Waals surface area contributed by atoms with E-state index in [9.17, 15) is 9.59 Å². The number of halogens is 1. The molecule has 0 radical (unpaired) electrons. The van der Waals surface area contributed by atoms with Gasteiger partial charge in [-0.3, -0.25) is 4.79 Å². The Bertz CT molecular complexity index is 757. The van der Waals surface area contributed by atoms with Gasteiger partial charge in [-0.2, -0.15) is 0 Å². The molecule has 3 rings (SSSR count). The highest BCUT2D eigenvalue weighted by Gasteiger charge is 2.16. The van der Waals surface area contributed by atoms with E-state index in [1.807, 2.05) is 0 Å². The number of amides is 3. The van der Waals surface area contributed by atoms with Gasteiger partial charge in [0.2, 0.25) is 0 Å². The van der Waals surface area contributed by atoms with E-state index in [2.05, 4.69) is 16.0 Å². The summed E-state index contributed by atoms with van der Waals surface area (Å²) in [4.78, 5) is 24.1. The minimum absolute atomic E-state index is 0.108. The van der Waals surface area contributed by atoms with Crippen molar-refractivity contribution < 1.29 is 14.3 Å². The van der Waals surface area contributed by atoms with Crippen molar-refractivity contribution in [2.24, 2.45) is 0 Å². The molecule has 136 valence electrons. The van der Waals surface area contributed by atoms with Crippen LogP contribution in [0.15, 0.2) is 48.5 Å². The molecule has 1 heterocycles. The molecule has 0 unspecified atom stereocenters. The van der Waals surface area contributed by atoms with Gasteiger partial charge in [0.1, 0.15) is 0 Å². The lowest BCUT2D eigenvalue weighted by molar-refractivity contribution is 0.0858. The summed E-state index contributed by atoms with van der Waals surface area (Å²) in [6.45, 7) is 1.28. The molecular weight excluding hydrogens is 354 g/mol. The van der Waals surface area contributed by atoms with Crippen LogP contribution in [0.2, 0.25) is 5.02 Å². The normalized spacial score (nSPS) is 16.1. The summed E-state index contributed by atoms with van der Waals surface area (Å²) in [5, 5.41) is 8.88. The monoisotopic (exact) mass is 373 g/mol. The van der Waals surface area contributed by atoms with E-state index in [0.29, 0.717) is 28.5 Å². The van der Waals surface area contributed by atoms with Crippen molar-refractivity contribution in [2.75, 3.05) is 23.8 Å². The summed E-state index contributed by atoms with van der Waals surface area (Å²) >= 11 is 5.81. The van der Waals surface area contributed by atoms with Gasteiger partial charge in [-0.25, -0.2) is 4.79 Å². The molecular formula is C19H20ClN3O3. The summed E-state index contributed by atoms with van der Waals surface area (Å²) in [6, 6.07) is 13.1. The predicted octanol–water partition coefficient (Wildman–Crippen LogP) is 3.89. The number of urea groups is 1. The van der Waals surface area contributed by atoms with Crippen LogP contribution in [0.5, 0.6) is 0 Å². The van der Waals surface area contributed by atoms with Crippen LogP contribution in [-0.2, 0) is 4.74 Å². The summed E-state index contributed by atoms with van der Waals surface area (Å²) in [6.07, 6.45) is 2.13. The van der Waals surface area contributed by atoms with Gasteiger partial charge in [-0.1, -0.05) is 11.6 Å². The third-order valence-corrected chi connectivity index (χ3v) is 4.27. The standard InChI is InChI=1S/C19H20ClN3O3/c20-14-5-9-16(10-6-14)23-19(25)22-15-7-3-13(4-8-15)18(24)21-12-17-2-1-11-26-17/h3-10,17H,1-2,11-12H2,(H,21,24)(H2,22,23,25)/t17-/m0/s1. The molecule has 26 heavy (non-hydrogen) atoms. The van der Waals surface area contributed by atoms with Crippen LogP contribution >= 0.6 is 11.6 Å². The molecule has 0 bridgehead atoms. The highest BCUT2D eigenvalue weighted by atomic mass is 35.5. The van der Waals surface area contributed by atoms with Crippen molar-refractivity contribution in [3.05, 3.63) is 59.1 Å². The zero-order valence-electron chi connectivity index (χ0n) is 14.1. The fourth-order valence-electron chi connectivity index (χ4n) is 2.65. The smallest absolute Gasteiger partial charge is 0.323 e. The van der Waals surface area contributed by atoms with E-state index in [1.165, 1.54) is 0 Å². The number of rotatable bonds is 5. The van der Waals surface area contributed by atoms with Crippen molar-refractivity contribution in [3.63, 3.8) is 0 Å². The van der Waals surface area contributed by atoms with Crippen LogP contribution in [0.25, 0.3) is 0 Å². The molecule has 0 aromatic heterocycles. The van der Waals surface area contributed by atoms with Crippen molar-refractivity contribution in [1.82, 2.24) is 5.32 Å². The van der Waals surface area contributed by atoms with Crippen LogP contribution in [0.3, 0.4) is 0 Å². The van der Waals surface area contributed by atoms with Gasteiger partial charge in [0, 0.05) is 35.1 Å². The second-order valence-corrected chi connectivity index (χ2v) is 6.44. The second-order valence-electron chi connectivity index (χ2n) is 6.01. The van der Waals surface area contributed by atoms with E-state index in [0.717, 1.165) is 19.4 Å². The number of nitrogens with one attached hydrogen (secondary N) is 3. The zero-order valence-corrected chi connectivity index (χ0v) is 14.9. The van der Waals surface area contributed by atoms with Gasteiger partial charge in [-0.05, 0) is 61.4 Å². The molecule has 0 saturated carbocycles. The molecule has 6 nitrogen and oxygen atoms in total. The lowest BCUT2D eigenvalue weighted by Crippen LogP contribution is -2.31. The molecule has 1 aliphatic heterocycles. The summed E-state index contributed by atoms with van der Waals surface area (Å²) < 4.78 is 5.48. The first kappa shape index (κ1) is 18.2. The number of carbonyl (C=O) groups is 2. The molecule has 0 spiro atoms. The number of carbonyl (C=O) groups excluding carboxylic acids is 2. The van der Waals surface area contributed by atoms with Crippen LogP contribution in [0.4, 0.5) is 16.2 Å². The van der Waals surface area contributed by atoms with Crippen LogP contribution in [0, 0.1) is 0 Å². The molecule has 0 aliphatic carbocycles. The van der Waals surface area contributed by atoms with Gasteiger partial charge in [0.15, 0.2) is 0 Å². The average molecular weight is 374 g/mol. The van der Waals surface area contributed by atoms with Gasteiger partial charge < -0.3 is 20.7 Å². The molecule has 1 aliphatic rings. The average Bonchev–Trinajstić information content (AvgIpc) is 3.16. The zero-order chi connectivity index (χ0) is 18.4. The van der Waals surface area contributed by atoms with Crippen LogP contribution in [0.1, 0.15) is 23.2 Å². The van der Waals surface area contributed by atoms with E-state index >= 15 is 0 Å². The van der Waals surface area contributed by atoms with Crippen molar-refractivity contribution in [3.8, 4) is 0 Å². The predicted molar refractivity (Wildman–Crippen MR) is 102 cm³/mol. The topological polar surface area (TPSA) is 79.5 Å². The Labute approximate surface area is 156 Å². The molecule has 7 heteroatoms. The molecule has 1 fully saturated rings. The fraction of sp³-hybridized carbons (Fsp3) is 0.263. The van der Waals surface area contributed by atoms with Gasteiger partial charge in [0.25, 0.3) is 5.91 Å². The minimum atomic E-state index is -0.372. The maximum absolute atomic E-state index is 12.1. The van der Waals surface area contributed by atoms with Crippen molar-refractivity contribution in [2.45, 2.75) is 18.9 Å². The molecule has 1 atom stereocenters. The van der Waals surface area contributed by atoms with E-state index in [4.69, 9.17) is 16.3 Å². The summed E-state index contributed by atoms with van der Waals surface area (Å²) in [5.74, 6) is -0.155. The maximum atomic E-state index is 12.1. The number of benzene rings is 2. The Kier molecular flexibility index (Phi) is 6.09. The Morgan fingerprint density at radius 3 is 2.19 bits per heavy atom. The first-order valence-corrected chi connectivity index (χ1v) is 8.81. The summed E-state index contributed by atoms with van der Waals surface area (Å²) in [5.41, 5.74) is 1.76. The van der Waals surface area contributed by atoms with E-state index in [-0.39, 0.29) is 18.0 Å². The second kappa shape index (κ2) is 8.69. The Morgan fingerprint density at radius 1 is 1.00 bits per heavy atom. The lowest BCUT2D eigenvalue weighted by Gasteiger charge is -2.11. The largest absolute Gasteiger partial charge is 0.376 e. The number of hydrogen-bond donors (Lipinski definition) is 3. The van der Waals surface area contributed by atoms with Crippen LogP contribution in [-0.4, -0.2) is 31.2 Å². The van der Waals surface area contributed by atoms with Crippen molar-refractivity contribution in [1.29, 1.82) is 0 Å². The third-order valence-electron chi connectivity index (χ3n) is 4.02. The van der Waals surface area contributed by atoms with Gasteiger partial charge >= 0.3 is 6.03 Å². The van der Waals surface area contributed by atoms with Gasteiger partial charge in [-0.15, -0.1) is 0 Å². The van der Waals surface area contributed by atoms with Crippen LogP contribution < -0.4 is 16.0 Å². The fourth-order valence-corrected chi connectivity index (χ4v) is 2.77. The third kappa shape index (κ3) is 5.21. The molecule has 3 amide bonds. The van der Waals surface area contributed by atoms with E-state index < -0.39 is 0 Å². The van der Waals surface area contributed by atoms with Gasteiger partial charge in [0.05, 0.1) is 6.10 Å². The summed E-state index contributed by atoms with van der Waals surface area (Å²) in [7, 11) is 0. The SMILES string of the molecule is O=C(Nc1ccc(Cl)cc1)Nc1ccc(C(=O)NC[C@@H]2CCCO2)cc1. The first-order valence-electron chi connectivity index (χ1n) is 8.43. The molecule has 1 saturated heterocycles. The lowest BCUT2D eigenvalue weighted by atomic mass is 10.2. The maximum Gasteiger partial charge on any atom is 0.323 e. The first-order chi connectivity index (χ1) is 12.6. The Hall–Kier alpha value is -2.57. The number of ether oxygens (including phenoxy) is 1. The molecule has 2 aromatic carbocycles. The molecule has 3 N–H and O–H groups in total. The van der Waals surface area contributed by atoms with E-state index in [1.54, 1.807) is 48.5 Å². The highest BCUT2D eigenvalue weighted by Crippen LogP contribution is 2.15. The Balaban J connectivity index is 1.49. The number of anilines is 2. The quantitative estimate of drug-likeness (QED) is 0.743. The number of hydrogen-bond acceptors (Lipinski definition) is 3. The minimum Gasteiger partial charge on any atom is -0.376 e. The highest BCUT2D eigenvalue weighted by molar-refractivity contribution is 6.30. The molecule has 2 aromatic rings. The van der Waals surface area contributed by atoms with Crippen molar-refractivity contribution >= 4 is 34.9 Å².